The monoisotopic (exact) mass is 420 g/mol. The summed E-state index contributed by atoms with van der Waals surface area (Å²) in [7, 11) is 0. The zero-order valence-electron chi connectivity index (χ0n) is 18.9. The lowest BCUT2D eigenvalue weighted by atomic mass is 9.98. The van der Waals surface area contributed by atoms with E-state index < -0.39 is 0 Å². The number of fused-ring (bicyclic) bond motifs is 1. The van der Waals surface area contributed by atoms with Crippen molar-refractivity contribution in [3.63, 3.8) is 0 Å². The largest absolute Gasteiger partial charge is 0.205 e. The van der Waals surface area contributed by atoms with Crippen molar-refractivity contribution in [2.75, 3.05) is 0 Å². The Labute approximate surface area is 191 Å². The second kappa shape index (κ2) is 10.3. The second-order valence-corrected chi connectivity index (χ2v) is 8.36. The third-order valence-electron chi connectivity index (χ3n) is 5.89. The third kappa shape index (κ3) is 5.09. The van der Waals surface area contributed by atoms with Crippen LogP contribution >= 0.6 is 0 Å². The van der Waals surface area contributed by atoms with Crippen molar-refractivity contribution in [1.82, 2.24) is 0 Å². The average molecular weight is 421 g/mol. The van der Waals surface area contributed by atoms with Gasteiger partial charge in [0.05, 0.1) is 5.56 Å². The molecule has 0 N–H and O–H groups in total. The number of rotatable bonds is 6. The summed E-state index contributed by atoms with van der Waals surface area (Å²) in [5.74, 6) is 5.87. The quantitative estimate of drug-likeness (QED) is 0.275. The van der Waals surface area contributed by atoms with E-state index in [1.165, 1.54) is 24.0 Å². The molecule has 0 aliphatic heterocycles. The van der Waals surface area contributed by atoms with Gasteiger partial charge in [0.2, 0.25) is 0 Å². The van der Waals surface area contributed by atoms with Gasteiger partial charge < -0.3 is 0 Å². The van der Waals surface area contributed by atoms with Crippen LogP contribution in [0.3, 0.4) is 0 Å². The van der Waals surface area contributed by atoms with Gasteiger partial charge in [0.25, 0.3) is 0 Å². The van der Waals surface area contributed by atoms with E-state index in [1.54, 1.807) is 6.07 Å². The average Bonchev–Trinajstić information content (AvgIpc) is 2.83. The number of hydrogen-bond acceptors (Lipinski definition) is 0. The molecule has 1 heteroatoms. The minimum Gasteiger partial charge on any atom is -0.205 e. The molecule has 0 nitrogen and oxygen atoms in total. The number of aryl methyl sites for hydroxylation is 2. The van der Waals surface area contributed by atoms with E-state index in [2.05, 4.69) is 68.2 Å². The number of hydrogen-bond donors (Lipinski definition) is 0. The van der Waals surface area contributed by atoms with Gasteiger partial charge in [0, 0.05) is 10.9 Å². The van der Waals surface area contributed by atoms with Crippen molar-refractivity contribution in [3.8, 4) is 23.0 Å². The standard InChI is InChI=1S/C31H29F/c1-3-5-7-24-12-15-26(16-13-24)28-20-21-30-29(22-28)19-18-27(31(30)32)17-14-25-10-8-23(6-4-2)9-11-25/h8-13,15-16,18-22H,3-7H2,1-2H3. The zero-order chi connectivity index (χ0) is 22.3. The Hall–Kier alpha value is -3.37. The molecule has 0 atom stereocenters. The van der Waals surface area contributed by atoms with Crippen LogP contribution in [0.25, 0.3) is 21.9 Å². The first-order valence-corrected chi connectivity index (χ1v) is 11.6. The molecule has 0 aliphatic carbocycles. The molecule has 0 fully saturated rings. The molecule has 4 aromatic rings. The van der Waals surface area contributed by atoms with E-state index in [9.17, 15) is 0 Å². The fraction of sp³-hybridized carbons (Fsp3) is 0.226. The van der Waals surface area contributed by atoms with Gasteiger partial charge in [-0.05, 0) is 71.2 Å². The molecule has 4 aromatic carbocycles. The maximum atomic E-state index is 15.1. The minimum absolute atomic E-state index is 0.251. The topological polar surface area (TPSA) is 0 Å². The predicted octanol–water partition coefficient (Wildman–Crippen LogP) is 8.34. The lowest BCUT2D eigenvalue weighted by Crippen LogP contribution is -1.89. The van der Waals surface area contributed by atoms with E-state index in [0.717, 1.165) is 41.3 Å². The highest BCUT2D eigenvalue weighted by atomic mass is 19.1. The normalized spacial score (nSPS) is 10.7. The van der Waals surface area contributed by atoms with Gasteiger partial charge in [-0.15, -0.1) is 0 Å². The molecule has 0 spiro atoms. The van der Waals surface area contributed by atoms with E-state index >= 15 is 4.39 Å². The highest BCUT2D eigenvalue weighted by Gasteiger charge is 2.08. The second-order valence-electron chi connectivity index (χ2n) is 8.36. The Morgan fingerprint density at radius 1 is 0.656 bits per heavy atom. The van der Waals surface area contributed by atoms with E-state index in [1.807, 2.05) is 30.3 Å². The summed E-state index contributed by atoms with van der Waals surface area (Å²) in [5.41, 5.74) is 6.27. The minimum atomic E-state index is -0.251. The summed E-state index contributed by atoms with van der Waals surface area (Å²) in [4.78, 5) is 0. The molecule has 4 rings (SSSR count). The summed E-state index contributed by atoms with van der Waals surface area (Å²) >= 11 is 0. The maximum Gasteiger partial charge on any atom is 0.146 e. The van der Waals surface area contributed by atoms with Crippen molar-refractivity contribution < 1.29 is 4.39 Å². The molecular weight excluding hydrogens is 391 g/mol. The number of unbranched alkanes of at least 4 members (excludes halogenated alkanes) is 1. The van der Waals surface area contributed by atoms with Crippen LogP contribution in [-0.4, -0.2) is 0 Å². The van der Waals surface area contributed by atoms with E-state index in [-0.39, 0.29) is 5.82 Å². The van der Waals surface area contributed by atoms with Crippen molar-refractivity contribution in [1.29, 1.82) is 0 Å². The summed E-state index contributed by atoms with van der Waals surface area (Å²) in [6, 6.07) is 26.6. The fourth-order valence-electron chi connectivity index (χ4n) is 4.00. The lowest BCUT2D eigenvalue weighted by Gasteiger charge is -2.07. The highest BCUT2D eigenvalue weighted by molar-refractivity contribution is 5.89. The summed E-state index contributed by atoms with van der Waals surface area (Å²) in [6.07, 6.45) is 5.73. The van der Waals surface area contributed by atoms with Crippen LogP contribution in [0.1, 0.15) is 55.4 Å². The van der Waals surface area contributed by atoms with Gasteiger partial charge >= 0.3 is 0 Å². The van der Waals surface area contributed by atoms with Crippen LogP contribution in [0.15, 0.2) is 78.9 Å². The molecule has 0 amide bonds. The van der Waals surface area contributed by atoms with Gasteiger partial charge in [-0.2, -0.15) is 0 Å². The molecule has 32 heavy (non-hydrogen) atoms. The van der Waals surface area contributed by atoms with Gasteiger partial charge in [-0.25, -0.2) is 4.39 Å². The van der Waals surface area contributed by atoms with Crippen LogP contribution in [-0.2, 0) is 12.8 Å². The molecule has 160 valence electrons. The molecule has 0 aliphatic rings. The van der Waals surface area contributed by atoms with Crippen LogP contribution in [0, 0.1) is 17.7 Å². The van der Waals surface area contributed by atoms with Gasteiger partial charge in [0.15, 0.2) is 0 Å². The van der Waals surface area contributed by atoms with Crippen LogP contribution < -0.4 is 0 Å². The molecule has 0 unspecified atom stereocenters. The summed E-state index contributed by atoms with van der Waals surface area (Å²) in [6.45, 7) is 4.38. The Kier molecular flexibility index (Phi) is 7.03. The molecule has 0 aromatic heterocycles. The molecular formula is C31H29F. The fourth-order valence-corrected chi connectivity index (χ4v) is 4.00. The maximum absolute atomic E-state index is 15.1. The van der Waals surface area contributed by atoms with Crippen molar-refractivity contribution in [2.24, 2.45) is 0 Å². The SMILES string of the molecule is CCCCc1ccc(-c2ccc3c(F)c(C#Cc4ccc(CCC)cc4)ccc3c2)cc1. The molecule has 0 radical (unpaired) electrons. The van der Waals surface area contributed by atoms with Crippen LogP contribution in [0.5, 0.6) is 0 Å². The predicted molar refractivity (Wildman–Crippen MR) is 134 cm³/mol. The Morgan fingerprint density at radius 2 is 1.34 bits per heavy atom. The Bertz CT molecular complexity index is 1250. The van der Waals surface area contributed by atoms with Crippen molar-refractivity contribution >= 4 is 10.8 Å². The Balaban J connectivity index is 1.57. The first-order chi connectivity index (χ1) is 15.7. The van der Waals surface area contributed by atoms with Crippen LogP contribution in [0.4, 0.5) is 4.39 Å². The van der Waals surface area contributed by atoms with Crippen molar-refractivity contribution in [2.45, 2.75) is 46.0 Å². The zero-order valence-corrected chi connectivity index (χ0v) is 18.9. The highest BCUT2D eigenvalue weighted by Crippen LogP contribution is 2.28. The summed E-state index contributed by atoms with van der Waals surface area (Å²) < 4.78 is 15.1. The Morgan fingerprint density at radius 3 is 2.06 bits per heavy atom. The van der Waals surface area contributed by atoms with Crippen LogP contribution in [0.2, 0.25) is 0 Å². The third-order valence-corrected chi connectivity index (χ3v) is 5.89. The smallest absolute Gasteiger partial charge is 0.146 e. The van der Waals surface area contributed by atoms with Gasteiger partial charge in [-0.3, -0.25) is 0 Å². The molecule has 0 saturated carbocycles. The number of benzene rings is 4. The molecule has 0 saturated heterocycles. The first-order valence-electron chi connectivity index (χ1n) is 11.6. The van der Waals surface area contributed by atoms with E-state index in [4.69, 9.17) is 0 Å². The van der Waals surface area contributed by atoms with Gasteiger partial charge in [-0.1, -0.05) is 93.1 Å². The molecule has 0 bridgehead atoms. The van der Waals surface area contributed by atoms with Gasteiger partial charge in [0.1, 0.15) is 5.82 Å². The van der Waals surface area contributed by atoms with E-state index in [0.29, 0.717) is 10.9 Å². The summed E-state index contributed by atoms with van der Waals surface area (Å²) in [5, 5.41) is 1.50. The number of halogens is 1. The molecule has 0 heterocycles. The lowest BCUT2D eigenvalue weighted by molar-refractivity contribution is 0.636. The first kappa shape index (κ1) is 21.8. The van der Waals surface area contributed by atoms with Crippen molar-refractivity contribution in [3.05, 3.63) is 107 Å².